The number of rotatable bonds is 5. The predicted molar refractivity (Wildman–Crippen MR) is 105 cm³/mol. The quantitative estimate of drug-likeness (QED) is 0.830. The summed E-state index contributed by atoms with van der Waals surface area (Å²) < 4.78 is 7.00. The highest BCUT2D eigenvalue weighted by Gasteiger charge is 2.30. The van der Waals surface area contributed by atoms with Gasteiger partial charge in [-0.2, -0.15) is 5.10 Å². The topological polar surface area (TPSA) is 79.7 Å². The van der Waals surface area contributed by atoms with Crippen molar-refractivity contribution in [2.45, 2.75) is 13.0 Å². The Balaban J connectivity index is 1.63. The minimum absolute atomic E-state index is 0.000367. The molecule has 1 saturated heterocycles. The number of amides is 2. The molecule has 1 atom stereocenters. The molecule has 0 radical (unpaired) electrons. The summed E-state index contributed by atoms with van der Waals surface area (Å²) in [5, 5.41) is 7.21. The van der Waals surface area contributed by atoms with E-state index in [0.29, 0.717) is 37.5 Å². The van der Waals surface area contributed by atoms with Crippen molar-refractivity contribution in [1.82, 2.24) is 24.9 Å². The molecule has 8 heteroatoms. The third kappa shape index (κ3) is 4.01. The van der Waals surface area contributed by atoms with Crippen molar-refractivity contribution in [2.24, 2.45) is 7.05 Å². The summed E-state index contributed by atoms with van der Waals surface area (Å²) in [6.45, 7) is 3.96. The highest BCUT2D eigenvalue weighted by Crippen LogP contribution is 2.21. The van der Waals surface area contributed by atoms with Gasteiger partial charge in [-0.15, -0.1) is 0 Å². The van der Waals surface area contributed by atoms with E-state index in [-0.39, 0.29) is 11.8 Å². The van der Waals surface area contributed by atoms with Crippen LogP contribution in [0.5, 0.6) is 5.75 Å². The number of nitrogens with one attached hydrogen (secondary N) is 1. The lowest BCUT2D eigenvalue weighted by Gasteiger charge is -2.36. The van der Waals surface area contributed by atoms with Crippen LogP contribution in [0, 0.1) is 6.92 Å². The average Bonchev–Trinajstić information content (AvgIpc) is 3.14. The Morgan fingerprint density at radius 2 is 1.86 bits per heavy atom. The number of hydrogen-bond acceptors (Lipinski definition) is 5. The van der Waals surface area contributed by atoms with Crippen LogP contribution >= 0.6 is 0 Å². The number of carbonyl (C=O) groups excluding carboxylic acids is 2. The lowest BCUT2D eigenvalue weighted by atomic mass is 10.1. The Kier molecular flexibility index (Phi) is 5.99. The van der Waals surface area contributed by atoms with Crippen LogP contribution in [0.4, 0.5) is 0 Å². The maximum absolute atomic E-state index is 12.9. The van der Waals surface area contributed by atoms with Gasteiger partial charge >= 0.3 is 0 Å². The monoisotopic (exact) mass is 385 g/mol. The fraction of sp³-hybridized carbons (Fsp3) is 0.450. The maximum atomic E-state index is 12.9. The van der Waals surface area contributed by atoms with E-state index >= 15 is 0 Å². The van der Waals surface area contributed by atoms with Crippen molar-refractivity contribution in [3.05, 3.63) is 47.3 Å². The number of carbonyl (C=O) groups is 2. The third-order valence-electron chi connectivity index (χ3n) is 5.13. The molecule has 3 rings (SSSR count). The van der Waals surface area contributed by atoms with E-state index in [0.717, 1.165) is 11.1 Å². The first-order valence-electron chi connectivity index (χ1n) is 9.33. The average molecular weight is 385 g/mol. The van der Waals surface area contributed by atoms with E-state index in [2.05, 4.69) is 10.4 Å². The molecule has 0 aliphatic carbocycles. The number of benzene rings is 1. The van der Waals surface area contributed by atoms with Crippen LogP contribution < -0.4 is 10.1 Å². The number of aryl methyl sites for hydroxylation is 2. The van der Waals surface area contributed by atoms with Crippen molar-refractivity contribution in [1.29, 1.82) is 0 Å². The molecule has 2 heterocycles. The molecule has 0 saturated carbocycles. The fourth-order valence-corrected chi connectivity index (χ4v) is 3.47. The van der Waals surface area contributed by atoms with Gasteiger partial charge in [0.2, 0.25) is 5.91 Å². The van der Waals surface area contributed by atoms with E-state index in [1.165, 1.54) is 0 Å². The molecule has 2 amide bonds. The molecule has 0 spiro atoms. The van der Waals surface area contributed by atoms with Crippen LogP contribution in [0.3, 0.4) is 0 Å². The number of aromatic nitrogens is 2. The van der Waals surface area contributed by atoms with E-state index in [4.69, 9.17) is 4.74 Å². The first-order valence-corrected chi connectivity index (χ1v) is 9.33. The first kappa shape index (κ1) is 19.9. The number of methoxy groups -OCH3 is 1. The Morgan fingerprint density at radius 3 is 2.43 bits per heavy atom. The Bertz CT molecular complexity index is 855. The Hall–Kier alpha value is -2.87. The zero-order valence-electron chi connectivity index (χ0n) is 16.8. The smallest absolute Gasteiger partial charge is 0.254 e. The van der Waals surface area contributed by atoms with Gasteiger partial charge in [0.15, 0.2) is 0 Å². The van der Waals surface area contributed by atoms with Crippen molar-refractivity contribution >= 4 is 11.8 Å². The minimum Gasteiger partial charge on any atom is -0.496 e. The molecule has 150 valence electrons. The molecule has 1 aliphatic heterocycles. The van der Waals surface area contributed by atoms with Crippen LogP contribution in [-0.4, -0.2) is 71.7 Å². The van der Waals surface area contributed by atoms with Gasteiger partial charge in [-0.1, -0.05) is 6.07 Å². The fourth-order valence-electron chi connectivity index (χ4n) is 3.47. The van der Waals surface area contributed by atoms with Gasteiger partial charge < -0.3 is 19.9 Å². The highest BCUT2D eigenvalue weighted by molar-refractivity contribution is 5.95. The van der Waals surface area contributed by atoms with Crippen molar-refractivity contribution in [3.8, 4) is 5.75 Å². The zero-order chi connectivity index (χ0) is 20.3. The molecular weight excluding hydrogens is 358 g/mol. The normalized spacial score (nSPS) is 15.4. The van der Waals surface area contributed by atoms with Crippen molar-refractivity contribution in [2.75, 3.05) is 40.3 Å². The second kappa shape index (κ2) is 8.43. The molecule has 28 heavy (non-hydrogen) atoms. The number of nitrogens with zero attached hydrogens (tertiary/aromatic N) is 4. The second-order valence-electron chi connectivity index (χ2n) is 6.97. The number of likely N-dealkylation sites (N-methyl/N-ethyl adjacent to an activating group) is 1. The molecule has 2 aromatic rings. The van der Waals surface area contributed by atoms with Crippen molar-refractivity contribution in [3.63, 3.8) is 0 Å². The molecule has 8 nitrogen and oxygen atoms in total. The lowest BCUT2D eigenvalue weighted by Crippen LogP contribution is -2.52. The first-order chi connectivity index (χ1) is 13.4. The summed E-state index contributed by atoms with van der Waals surface area (Å²) in [6.07, 6.45) is 3.53. The SMILES string of the molecule is CNC(C(=O)N1CCN(C(=O)c2ccc(C)c(OC)c2)CC1)c1cnn(C)c1. The van der Waals surface area contributed by atoms with Gasteiger partial charge in [0, 0.05) is 50.6 Å². The summed E-state index contributed by atoms with van der Waals surface area (Å²) in [6, 6.07) is 5.04. The van der Waals surface area contributed by atoms with E-state index in [1.807, 2.05) is 32.3 Å². The number of hydrogen-bond donors (Lipinski definition) is 1. The molecule has 1 N–H and O–H groups in total. The largest absolute Gasteiger partial charge is 0.496 e. The second-order valence-corrected chi connectivity index (χ2v) is 6.97. The van der Waals surface area contributed by atoms with Gasteiger partial charge in [0.25, 0.3) is 5.91 Å². The Labute approximate surface area is 165 Å². The van der Waals surface area contributed by atoms with Gasteiger partial charge in [-0.05, 0) is 31.7 Å². The summed E-state index contributed by atoms with van der Waals surface area (Å²) >= 11 is 0. The molecule has 1 fully saturated rings. The summed E-state index contributed by atoms with van der Waals surface area (Å²) in [4.78, 5) is 29.3. The summed E-state index contributed by atoms with van der Waals surface area (Å²) in [7, 11) is 5.19. The zero-order valence-corrected chi connectivity index (χ0v) is 16.8. The van der Waals surface area contributed by atoms with Crippen LogP contribution in [0.1, 0.15) is 27.5 Å². The molecule has 1 unspecified atom stereocenters. The maximum Gasteiger partial charge on any atom is 0.254 e. The number of piperazine rings is 1. The summed E-state index contributed by atoms with van der Waals surface area (Å²) in [5.74, 6) is 0.662. The molecule has 1 aromatic carbocycles. The van der Waals surface area contributed by atoms with Crippen LogP contribution in [0.25, 0.3) is 0 Å². The van der Waals surface area contributed by atoms with E-state index in [1.54, 1.807) is 40.9 Å². The third-order valence-corrected chi connectivity index (χ3v) is 5.13. The molecule has 1 aromatic heterocycles. The van der Waals surface area contributed by atoms with Crippen LogP contribution in [0.15, 0.2) is 30.6 Å². The lowest BCUT2D eigenvalue weighted by molar-refractivity contribution is -0.135. The Morgan fingerprint density at radius 1 is 1.18 bits per heavy atom. The molecule has 1 aliphatic rings. The summed E-state index contributed by atoms with van der Waals surface area (Å²) in [5.41, 5.74) is 2.42. The van der Waals surface area contributed by atoms with Gasteiger partial charge in [0.1, 0.15) is 11.8 Å². The minimum atomic E-state index is -0.433. The van der Waals surface area contributed by atoms with Gasteiger partial charge in [0.05, 0.1) is 13.3 Å². The molecular formula is C20H27N5O3. The highest BCUT2D eigenvalue weighted by atomic mass is 16.5. The molecule has 0 bridgehead atoms. The predicted octanol–water partition coefficient (Wildman–Crippen LogP) is 0.982. The van der Waals surface area contributed by atoms with Gasteiger partial charge in [-0.25, -0.2) is 0 Å². The van der Waals surface area contributed by atoms with Crippen molar-refractivity contribution < 1.29 is 14.3 Å². The number of ether oxygens (including phenoxy) is 1. The van der Waals surface area contributed by atoms with E-state index in [9.17, 15) is 9.59 Å². The van der Waals surface area contributed by atoms with E-state index < -0.39 is 6.04 Å². The van der Waals surface area contributed by atoms with Gasteiger partial charge in [-0.3, -0.25) is 14.3 Å². The van der Waals surface area contributed by atoms with Crippen LogP contribution in [-0.2, 0) is 11.8 Å². The van der Waals surface area contributed by atoms with Crippen LogP contribution in [0.2, 0.25) is 0 Å². The standard InChI is InChI=1S/C20H27N5O3/c1-14-5-6-15(11-17(14)28-4)19(26)24-7-9-25(10-8-24)20(27)18(21-2)16-12-22-23(3)13-16/h5-6,11-13,18,21H,7-10H2,1-4H3.